The molecule has 0 aliphatic heterocycles. The van der Waals surface area contributed by atoms with E-state index in [1.165, 1.54) is 32.8 Å². The van der Waals surface area contributed by atoms with Gasteiger partial charge in [0.15, 0.2) is 17.0 Å². The minimum absolute atomic E-state index is 0.392. The van der Waals surface area contributed by atoms with Gasteiger partial charge < -0.3 is 19.3 Å². The van der Waals surface area contributed by atoms with Gasteiger partial charge in [-0.3, -0.25) is 4.57 Å². The fourth-order valence-electron chi connectivity index (χ4n) is 3.84. The number of aliphatic carboxylic acids is 1. The molecule has 158 valence electrons. The SMILES string of the molecule is COc1ccc(C(C)(C(=O)O)n2c(=O)nc(C)c3c(C)c(OC)c(OC)cc32)cc1. The van der Waals surface area contributed by atoms with Crippen LogP contribution in [0, 0.1) is 13.8 Å². The summed E-state index contributed by atoms with van der Waals surface area (Å²) in [4.78, 5) is 29.7. The first kappa shape index (κ1) is 21.2. The average Bonchev–Trinajstić information content (AvgIpc) is 2.72. The van der Waals surface area contributed by atoms with Crippen molar-refractivity contribution in [3.05, 3.63) is 57.6 Å². The quantitative estimate of drug-likeness (QED) is 0.664. The Labute approximate surface area is 173 Å². The predicted molar refractivity (Wildman–Crippen MR) is 112 cm³/mol. The number of benzene rings is 2. The number of carbonyl (C=O) groups is 1. The lowest BCUT2D eigenvalue weighted by Crippen LogP contribution is -2.47. The highest BCUT2D eigenvalue weighted by Crippen LogP contribution is 2.39. The zero-order chi connectivity index (χ0) is 22.2. The maximum atomic E-state index is 13.1. The molecule has 0 aliphatic carbocycles. The van der Waals surface area contributed by atoms with Gasteiger partial charge in [-0.25, -0.2) is 9.59 Å². The van der Waals surface area contributed by atoms with Crippen LogP contribution in [0.5, 0.6) is 17.2 Å². The van der Waals surface area contributed by atoms with Crippen molar-refractivity contribution in [3.63, 3.8) is 0 Å². The Morgan fingerprint density at radius 1 is 1.07 bits per heavy atom. The minimum Gasteiger partial charge on any atom is -0.497 e. The van der Waals surface area contributed by atoms with E-state index in [1.807, 2.05) is 6.92 Å². The van der Waals surface area contributed by atoms with Gasteiger partial charge in [-0.1, -0.05) is 12.1 Å². The summed E-state index contributed by atoms with van der Waals surface area (Å²) in [5, 5.41) is 10.9. The monoisotopic (exact) mass is 412 g/mol. The van der Waals surface area contributed by atoms with Gasteiger partial charge in [0.05, 0.1) is 32.5 Å². The molecule has 1 N–H and O–H groups in total. The number of rotatable bonds is 6. The normalized spacial score (nSPS) is 13.0. The molecule has 0 saturated heterocycles. The minimum atomic E-state index is -1.73. The van der Waals surface area contributed by atoms with E-state index in [0.29, 0.717) is 45.0 Å². The van der Waals surface area contributed by atoms with Crippen LogP contribution >= 0.6 is 0 Å². The lowest BCUT2D eigenvalue weighted by atomic mass is 9.90. The van der Waals surface area contributed by atoms with Crippen molar-refractivity contribution in [2.24, 2.45) is 0 Å². The summed E-state index contributed by atoms with van der Waals surface area (Å²) in [5.41, 5.74) is -0.429. The molecule has 8 nitrogen and oxygen atoms in total. The van der Waals surface area contributed by atoms with Gasteiger partial charge in [0.25, 0.3) is 0 Å². The Morgan fingerprint density at radius 3 is 2.20 bits per heavy atom. The highest BCUT2D eigenvalue weighted by atomic mass is 16.5. The third-order valence-electron chi connectivity index (χ3n) is 5.46. The van der Waals surface area contributed by atoms with Crippen molar-refractivity contribution in [2.45, 2.75) is 26.3 Å². The number of fused-ring (bicyclic) bond motifs is 1. The second-order valence-corrected chi connectivity index (χ2v) is 7.05. The third-order valence-corrected chi connectivity index (χ3v) is 5.46. The zero-order valence-electron chi connectivity index (χ0n) is 17.8. The number of aryl methyl sites for hydroxylation is 2. The zero-order valence-corrected chi connectivity index (χ0v) is 17.8. The van der Waals surface area contributed by atoms with E-state index in [4.69, 9.17) is 14.2 Å². The highest BCUT2D eigenvalue weighted by molar-refractivity contribution is 5.91. The first-order valence-electron chi connectivity index (χ1n) is 9.24. The molecule has 0 amide bonds. The third kappa shape index (κ3) is 3.04. The van der Waals surface area contributed by atoms with Gasteiger partial charge in [0.2, 0.25) is 0 Å². The number of hydrogen-bond acceptors (Lipinski definition) is 6. The smallest absolute Gasteiger partial charge is 0.349 e. The molecule has 3 aromatic rings. The molecule has 8 heteroatoms. The Hall–Kier alpha value is -3.55. The summed E-state index contributed by atoms with van der Waals surface area (Å²) in [6.07, 6.45) is 0. The van der Waals surface area contributed by atoms with Crippen LogP contribution in [0.15, 0.2) is 35.1 Å². The Balaban J connectivity index is 2.49. The Kier molecular flexibility index (Phi) is 5.43. The van der Waals surface area contributed by atoms with Gasteiger partial charge in [-0.15, -0.1) is 0 Å². The van der Waals surface area contributed by atoms with Gasteiger partial charge >= 0.3 is 11.7 Å². The van der Waals surface area contributed by atoms with Crippen molar-refractivity contribution >= 4 is 16.9 Å². The average molecular weight is 412 g/mol. The second kappa shape index (κ2) is 7.70. The molecule has 0 saturated carbocycles. The fourth-order valence-corrected chi connectivity index (χ4v) is 3.84. The summed E-state index contributed by atoms with van der Waals surface area (Å²) in [5.74, 6) is 0.271. The predicted octanol–water partition coefficient (Wildman–Crippen LogP) is 2.89. The van der Waals surface area contributed by atoms with Gasteiger partial charge in [-0.2, -0.15) is 4.98 Å². The van der Waals surface area contributed by atoms with Crippen LogP contribution < -0.4 is 19.9 Å². The van der Waals surface area contributed by atoms with E-state index < -0.39 is 17.2 Å². The Bertz CT molecular complexity index is 1180. The van der Waals surface area contributed by atoms with Crippen LogP contribution in [0.4, 0.5) is 0 Å². The summed E-state index contributed by atoms with van der Waals surface area (Å²) < 4.78 is 17.3. The highest BCUT2D eigenvalue weighted by Gasteiger charge is 2.40. The maximum absolute atomic E-state index is 13.1. The number of carboxylic acids is 1. The molecule has 1 aromatic heterocycles. The maximum Gasteiger partial charge on any atom is 0.349 e. The molecule has 0 radical (unpaired) electrons. The topological polar surface area (TPSA) is 99.9 Å². The molecular formula is C22H24N2O6. The van der Waals surface area contributed by atoms with Crippen LogP contribution in [-0.2, 0) is 10.3 Å². The lowest BCUT2D eigenvalue weighted by molar-refractivity contribution is -0.144. The van der Waals surface area contributed by atoms with E-state index in [9.17, 15) is 14.7 Å². The molecule has 0 fully saturated rings. The van der Waals surface area contributed by atoms with Crippen molar-refractivity contribution < 1.29 is 24.1 Å². The molecule has 0 aliphatic rings. The number of carboxylic acid groups (broad SMARTS) is 1. The molecule has 2 aromatic carbocycles. The first-order chi connectivity index (χ1) is 14.2. The molecule has 0 spiro atoms. The van der Waals surface area contributed by atoms with E-state index in [0.717, 1.165) is 0 Å². The van der Waals surface area contributed by atoms with Gasteiger partial charge in [0, 0.05) is 17.0 Å². The first-order valence-corrected chi connectivity index (χ1v) is 9.24. The summed E-state index contributed by atoms with van der Waals surface area (Å²) >= 11 is 0. The largest absolute Gasteiger partial charge is 0.497 e. The number of methoxy groups -OCH3 is 3. The number of hydrogen-bond donors (Lipinski definition) is 1. The van der Waals surface area contributed by atoms with Gasteiger partial charge in [-0.05, 0) is 38.5 Å². The van der Waals surface area contributed by atoms with Crippen LogP contribution in [0.2, 0.25) is 0 Å². The number of aromatic nitrogens is 2. The summed E-state index contributed by atoms with van der Waals surface area (Å²) in [6, 6.07) is 8.17. The lowest BCUT2D eigenvalue weighted by Gasteiger charge is -2.30. The number of ether oxygens (including phenoxy) is 3. The molecule has 30 heavy (non-hydrogen) atoms. The molecule has 1 unspecified atom stereocenters. The van der Waals surface area contributed by atoms with E-state index in [1.54, 1.807) is 37.3 Å². The molecule has 0 bridgehead atoms. The van der Waals surface area contributed by atoms with Crippen LogP contribution in [0.1, 0.15) is 23.7 Å². The second-order valence-electron chi connectivity index (χ2n) is 7.05. The van der Waals surface area contributed by atoms with Gasteiger partial charge in [0.1, 0.15) is 5.75 Å². The molecule has 1 atom stereocenters. The van der Waals surface area contributed by atoms with Crippen molar-refractivity contribution in [1.82, 2.24) is 9.55 Å². The molecule has 3 rings (SSSR count). The Morgan fingerprint density at radius 2 is 1.70 bits per heavy atom. The molecule has 1 heterocycles. The van der Waals surface area contributed by atoms with Crippen LogP contribution in [0.25, 0.3) is 10.9 Å². The van der Waals surface area contributed by atoms with E-state index in [2.05, 4.69) is 4.98 Å². The standard InChI is InChI=1S/C22H24N2O6/c1-12-18-13(2)23-21(27)24(16(18)11-17(29-5)19(12)30-6)22(3,20(25)26)14-7-9-15(28-4)10-8-14/h7-11H,1-6H3,(H,25,26). The van der Waals surface area contributed by atoms with Crippen molar-refractivity contribution in [3.8, 4) is 17.2 Å². The van der Waals surface area contributed by atoms with Crippen LogP contribution in [-0.4, -0.2) is 42.0 Å². The fraction of sp³-hybridized carbons (Fsp3) is 0.318. The van der Waals surface area contributed by atoms with Crippen molar-refractivity contribution in [2.75, 3.05) is 21.3 Å². The van der Waals surface area contributed by atoms with E-state index >= 15 is 0 Å². The molecular weight excluding hydrogens is 388 g/mol. The summed E-state index contributed by atoms with van der Waals surface area (Å²) in [6.45, 7) is 5.00. The van der Waals surface area contributed by atoms with Crippen LogP contribution in [0.3, 0.4) is 0 Å². The van der Waals surface area contributed by atoms with E-state index in [-0.39, 0.29) is 0 Å². The summed E-state index contributed by atoms with van der Waals surface area (Å²) in [7, 11) is 4.53. The number of nitrogens with zero attached hydrogens (tertiary/aromatic N) is 2. The van der Waals surface area contributed by atoms with Crippen molar-refractivity contribution in [1.29, 1.82) is 0 Å².